The molecule has 0 aliphatic heterocycles. The van der Waals surface area contributed by atoms with Gasteiger partial charge >= 0.3 is 0 Å². The van der Waals surface area contributed by atoms with E-state index in [0.29, 0.717) is 5.75 Å². The SMILES string of the molecule is O=c1ccc2ccccc2[nH]1.Oc1cc2ccccc2c2ccc3c(c12)CCCC3. The molecule has 0 amide bonds. The summed E-state index contributed by atoms with van der Waals surface area (Å²) in [6, 6.07) is 25.7. The molecule has 5 aromatic rings. The number of phenols is 1. The van der Waals surface area contributed by atoms with Gasteiger partial charge in [0.2, 0.25) is 5.56 Å². The molecule has 4 aromatic carbocycles. The molecule has 0 spiro atoms. The van der Waals surface area contributed by atoms with Gasteiger partial charge in [0.25, 0.3) is 0 Å². The number of rotatable bonds is 0. The molecule has 2 N–H and O–H groups in total. The number of aromatic nitrogens is 1. The number of pyridine rings is 1. The molecular weight excluding hydrogens is 370 g/mol. The van der Waals surface area contributed by atoms with Gasteiger partial charge in [-0.2, -0.15) is 0 Å². The molecule has 1 heterocycles. The van der Waals surface area contributed by atoms with Crippen molar-refractivity contribution < 1.29 is 5.11 Å². The Kier molecular flexibility index (Phi) is 4.72. The lowest BCUT2D eigenvalue weighted by Crippen LogP contribution is -2.03. The normalized spacial score (nSPS) is 13.1. The molecule has 0 radical (unpaired) electrons. The standard InChI is InChI=1S/C18H16O.C9H7NO/c19-17-11-13-6-2-3-7-14(13)16-10-9-12-5-1-4-8-15(12)18(16)17;11-9-6-5-7-3-1-2-4-8(7)10-9/h2-3,6-7,9-11,19H,1,4-5,8H2;1-6H,(H,10,11). The van der Waals surface area contributed by atoms with E-state index < -0.39 is 0 Å². The second kappa shape index (κ2) is 7.68. The lowest BCUT2D eigenvalue weighted by Gasteiger charge is -2.19. The van der Waals surface area contributed by atoms with Crippen LogP contribution in [0.15, 0.2) is 83.7 Å². The van der Waals surface area contributed by atoms with E-state index in [1.165, 1.54) is 40.8 Å². The van der Waals surface area contributed by atoms with Crippen LogP contribution in [-0.4, -0.2) is 10.1 Å². The number of hydrogen-bond donors (Lipinski definition) is 2. The van der Waals surface area contributed by atoms with Crippen molar-refractivity contribution in [2.75, 3.05) is 0 Å². The number of benzene rings is 4. The van der Waals surface area contributed by atoms with Crippen molar-refractivity contribution in [2.24, 2.45) is 0 Å². The molecule has 0 fully saturated rings. The van der Waals surface area contributed by atoms with Crippen molar-refractivity contribution in [2.45, 2.75) is 25.7 Å². The number of fused-ring (bicyclic) bond motifs is 6. The molecule has 0 bridgehead atoms. The third kappa shape index (κ3) is 3.33. The van der Waals surface area contributed by atoms with Crippen molar-refractivity contribution >= 4 is 32.4 Å². The average molecular weight is 393 g/mol. The van der Waals surface area contributed by atoms with Crippen LogP contribution in [0.25, 0.3) is 32.4 Å². The Bertz CT molecular complexity index is 1430. The van der Waals surface area contributed by atoms with E-state index in [2.05, 4.69) is 35.3 Å². The third-order valence-corrected chi connectivity index (χ3v) is 5.97. The highest BCUT2D eigenvalue weighted by molar-refractivity contribution is 6.11. The van der Waals surface area contributed by atoms with Crippen LogP contribution < -0.4 is 5.56 Å². The Morgan fingerprint density at radius 1 is 0.733 bits per heavy atom. The fourth-order valence-electron chi connectivity index (χ4n) is 4.53. The van der Waals surface area contributed by atoms with Crippen LogP contribution in [0.1, 0.15) is 24.0 Å². The smallest absolute Gasteiger partial charge is 0.248 e. The third-order valence-electron chi connectivity index (χ3n) is 5.97. The van der Waals surface area contributed by atoms with Gasteiger partial charge in [-0.3, -0.25) is 4.79 Å². The summed E-state index contributed by atoms with van der Waals surface area (Å²) in [7, 11) is 0. The van der Waals surface area contributed by atoms with Crippen molar-refractivity contribution in [3.63, 3.8) is 0 Å². The fraction of sp³-hybridized carbons (Fsp3) is 0.148. The minimum Gasteiger partial charge on any atom is -0.507 e. The van der Waals surface area contributed by atoms with Crippen LogP contribution in [0.3, 0.4) is 0 Å². The van der Waals surface area contributed by atoms with Crippen molar-refractivity contribution in [3.05, 3.63) is 100 Å². The second-order valence-corrected chi connectivity index (χ2v) is 7.86. The van der Waals surface area contributed by atoms with Crippen LogP contribution in [0.2, 0.25) is 0 Å². The Balaban J connectivity index is 0.000000149. The highest BCUT2D eigenvalue weighted by atomic mass is 16.3. The van der Waals surface area contributed by atoms with E-state index in [9.17, 15) is 9.90 Å². The van der Waals surface area contributed by atoms with Crippen molar-refractivity contribution in [3.8, 4) is 5.75 Å². The van der Waals surface area contributed by atoms with Crippen molar-refractivity contribution in [1.82, 2.24) is 4.98 Å². The van der Waals surface area contributed by atoms with Crippen LogP contribution >= 0.6 is 0 Å². The highest BCUT2D eigenvalue weighted by Crippen LogP contribution is 2.38. The molecule has 0 saturated carbocycles. The first-order chi connectivity index (χ1) is 14.7. The first kappa shape index (κ1) is 18.4. The molecule has 0 saturated heterocycles. The number of nitrogens with one attached hydrogen (secondary N) is 1. The van der Waals surface area contributed by atoms with Crippen LogP contribution in [0.5, 0.6) is 5.75 Å². The molecule has 1 aliphatic rings. The summed E-state index contributed by atoms with van der Waals surface area (Å²) in [4.78, 5) is 13.6. The largest absolute Gasteiger partial charge is 0.507 e. The number of aromatic hydroxyl groups is 1. The summed E-state index contributed by atoms with van der Waals surface area (Å²) in [5.74, 6) is 0.437. The van der Waals surface area contributed by atoms with Crippen LogP contribution in [0.4, 0.5) is 0 Å². The average Bonchev–Trinajstić information content (AvgIpc) is 2.79. The van der Waals surface area contributed by atoms with Gasteiger partial charge in [-0.05, 0) is 76.6 Å². The van der Waals surface area contributed by atoms with Gasteiger partial charge in [-0.15, -0.1) is 0 Å². The summed E-state index contributed by atoms with van der Waals surface area (Å²) >= 11 is 0. The Morgan fingerprint density at radius 3 is 2.40 bits per heavy atom. The molecule has 3 heteroatoms. The van der Waals surface area contributed by atoms with E-state index in [0.717, 1.165) is 34.5 Å². The summed E-state index contributed by atoms with van der Waals surface area (Å²) in [5.41, 5.74) is 3.63. The number of para-hydroxylation sites is 1. The lowest BCUT2D eigenvalue weighted by molar-refractivity contribution is 0.481. The quantitative estimate of drug-likeness (QED) is 0.312. The monoisotopic (exact) mass is 393 g/mol. The first-order valence-electron chi connectivity index (χ1n) is 10.4. The summed E-state index contributed by atoms with van der Waals surface area (Å²) in [6.45, 7) is 0. The van der Waals surface area contributed by atoms with Gasteiger partial charge in [0.15, 0.2) is 0 Å². The van der Waals surface area contributed by atoms with Gasteiger partial charge in [0.05, 0.1) is 0 Å². The fourth-order valence-corrected chi connectivity index (χ4v) is 4.53. The molecule has 30 heavy (non-hydrogen) atoms. The predicted octanol–water partition coefficient (Wildman–Crippen LogP) is 6.11. The Morgan fingerprint density at radius 2 is 1.50 bits per heavy atom. The van der Waals surface area contributed by atoms with Gasteiger partial charge in [0, 0.05) is 17.0 Å². The molecule has 0 unspecified atom stereocenters. The molecule has 3 nitrogen and oxygen atoms in total. The topological polar surface area (TPSA) is 53.1 Å². The molecule has 0 atom stereocenters. The maximum atomic E-state index is 10.8. The molecule has 1 aromatic heterocycles. The zero-order valence-electron chi connectivity index (χ0n) is 16.7. The first-order valence-corrected chi connectivity index (χ1v) is 10.4. The Hall–Kier alpha value is -3.59. The summed E-state index contributed by atoms with van der Waals surface area (Å²) in [6.07, 6.45) is 4.75. The second-order valence-electron chi connectivity index (χ2n) is 7.86. The van der Waals surface area contributed by atoms with Gasteiger partial charge in [0.1, 0.15) is 5.75 Å². The Labute approximate surface area is 174 Å². The van der Waals surface area contributed by atoms with Gasteiger partial charge in [-0.1, -0.05) is 54.6 Å². The zero-order valence-corrected chi connectivity index (χ0v) is 16.7. The molecule has 1 aliphatic carbocycles. The van der Waals surface area contributed by atoms with E-state index >= 15 is 0 Å². The molecule has 6 rings (SSSR count). The van der Waals surface area contributed by atoms with Crippen LogP contribution in [-0.2, 0) is 12.8 Å². The van der Waals surface area contributed by atoms with E-state index in [-0.39, 0.29) is 5.56 Å². The van der Waals surface area contributed by atoms with Crippen LogP contribution in [0, 0.1) is 0 Å². The van der Waals surface area contributed by atoms with Crippen molar-refractivity contribution in [1.29, 1.82) is 0 Å². The summed E-state index contributed by atoms with van der Waals surface area (Å²) in [5, 5.41) is 16.1. The maximum absolute atomic E-state index is 10.8. The number of aromatic amines is 1. The summed E-state index contributed by atoms with van der Waals surface area (Å²) < 4.78 is 0. The lowest BCUT2D eigenvalue weighted by atomic mass is 9.86. The maximum Gasteiger partial charge on any atom is 0.248 e. The predicted molar refractivity (Wildman–Crippen MR) is 124 cm³/mol. The zero-order chi connectivity index (χ0) is 20.5. The van der Waals surface area contributed by atoms with E-state index in [1.54, 1.807) is 0 Å². The van der Waals surface area contributed by atoms with E-state index in [1.807, 2.05) is 42.5 Å². The molecular formula is C27H23NO2. The number of hydrogen-bond acceptors (Lipinski definition) is 2. The number of phenolic OH excluding ortho intramolecular Hbond substituents is 1. The minimum atomic E-state index is -0.0521. The van der Waals surface area contributed by atoms with E-state index in [4.69, 9.17) is 0 Å². The number of H-pyrrole nitrogens is 1. The molecule has 148 valence electrons. The minimum absolute atomic E-state index is 0.0521. The van der Waals surface area contributed by atoms with Gasteiger partial charge < -0.3 is 10.1 Å². The van der Waals surface area contributed by atoms with Gasteiger partial charge in [-0.25, -0.2) is 0 Å². The highest BCUT2D eigenvalue weighted by Gasteiger charge is 2.16. The number of aryl methyl sites for hydroxylation is 2.